The number of nitrogens with one attached hydrogen (secondary N) is 1. The van der Waals surface area contributed by atoms with Crippen LogP contribution >= 0.6 is 11.3 Å². The van der Waals surface area contributed by atoms with Crippen LogP contribution in [0.3, 0.4) is 0 Å². The molecule has 0 radical (unpaired) electrons. The van der Waals surface area contributed by atoms with Gasteiger partial charge in [-0.3, -0.25) is 4.90 Å². The number of hydrogen-bond acceptors (Lipinski definition) is 4. The zero-order chi connectivity index (χ0) is 13.9. The number of alkyl halides is 3. The molecular formula is C12H18F3N3S. The average molecular weight is 293 g/mol. The Hall–Kier alpha value is -0.820. The Kier molecular flexibility index (Phi) is 4.67. The van der Waals surface area contributed by atoms with Gasteiger partial charge in [0.05, 0.1) is 6.54 Å². The van der Waals surface area contributed by atoms with Crippen LogP contribution in [-0.4, -0.2) is 35.2 Å². The van der Waals surface area contributed by atoms with Gasteiger partial charge in [-0.15, -0.1) is 11.3 Å². The van der Waals surface area contributed by atoms with Crippen molar-refractivity contribution in [2.24, 2.45) is 0 Å². The largest absolute Gasteiger partial charge is 0.401 e. The van der Waals surface area contributed by atoms with E-state index in [1.807, 2.05) is 0 Å². The summed E-state index contributed by atoms with van der Waals surface area (Å²) in [6, 6.07) is 0.0933. The molecule has 0 aromatic carbocycles. The van der Waals surface area contributed by atoms with E-state index in [0.717, 1.165) is 35.8 Å². The summed E-state index contributed by atoms with van der Waals surface area (Å²) < 4.78 is 37.5. The molecule has 0 amide bonds. The quantitative estimate of drug-likeness (QED) is 0.834. The number of anilines is 1. The molecule has 0 atom stereocenters. The fourth-order valence-electron chi connectivity index (χ4n) is 1.88. The maximum Gasteiger partial charge on any atom is 0.401 e. The van der Waals surface area contributed by atoms with E-state index in [1.165, 1.54) is 16.2 Å². The maximum absolute atomic E-state index is 12.5. The molecule has 0 bridgehead atoms. The maximum atomic E-state index is 12.5. The lowest BCUT2D eigenvalue weighted by atomic mass is 10.4. The number of nitrogens with zero attached hydrogens (tertiary/aromatic N) is 2. The smallest absolute Gasteiger partial charge is 0.362 e. The molecular weight excluding hydrogens is 275 g/mol. The van der Waals surface area contributed by atoms with Gasteiger partial charge in [0.1, 0.15) is 0 Å². The molecule has 0 unspecified atom stereocenters. The molecule has 0 spiro atoms. The standard InChI is InChI=1S/C12H18F3N3S/c1-2-5-16-11-17-6-10(19-11)7-18(9-3-4-9)8-12(13,14)15/h6,9H,2-5,7-8H2,1H3,(H,16,17). The van der Waals surface area contributed by atoms with Gasteiger partial charge in [-0.2, -0.15) is 13.2 Å². The fourth-order valence-corrected chi connectivity index (χ4v) is 2.74. The molecule has 1 aliphatic rings. The first-order valence-corrected chi connectivity index (χ1v) is 7.29. The number of rotatable bonds is 7. The lowest BCUT2D eigenvalue weighted by Crippen LogP contribution is -2.35. The third kappa shape index (κ3) is 4.99. The highest BCUT2D eigenvalue weighted by Gasteiger charge is 2.38. The summed E-state index contributed by atoms with van der Waals surface area (Å²) in [5.74, 6) is 0. The van der Waals surface area contributed by atoms with E-state index in [0.29, 0.717) is 6.54 Å². The summed E-state index contributed by atoms with van der Waals surface area (Å²) in [5.41, 5.74) is 0. The minimum Gasteiger partial charge on any atom is -0.362 e. The van der Waals surface area contributed by atoms with Crippen molar-refractivity contribution in [3.8, 4) is 0 Å². The van der Waals surface area contributed by atoms with Gasteiger partial charge in [-0.25, -0.2) is 4.98 Å². The van der Waals surface area contributed by atoms with Crippen molar-refractivity contribution in [3.63, 3.8) is 0 Å². The van der Waals surface area contributed by atoms with Crippen LogP contribution in [0.4, 0.5) is 18.3 Å². The number of thiazole rings is 1. The molecule has 1 heterocycles. The van der Waals surface area contributed by atoms with Crippen molar-refractivity contribution in [2.75, 3.05) is 18.4 Å². The first kappa shape index (κ1) is 14.6. The molecule has 0 aliphatic heterocycles. The normalized spacial score (nSPS) is 16.1. The van der Waals surface area contributed by atoms with Crippen molar-refractivity contribution < 1.29 is 13.2 Å². The Balaban J connectivity index is 1.91. The van der Waals surface area contributed by atoms with Crippen LogP contribution in [0, 0.1) is 0 Å². The Morgan fingerprint density at radius 3 is 2.79 bits per heavy atom. The zero-order valence-corrected chi connectivity index (χ0v) is 11.7. The van der Waals surface area contributed by atoms with E-state index in [9.17, 15) is 13.2 Å². The predicted molar refractivity (Wildman–Crippen MR) is 70.4 cm³/mol. The van der Waals surface area contributed by atoms with Gasteiger partial charge in [-0.1, -0.05) is 6.92 Å². The lowest BCUT2D eigenvalue weighted by Gasteiger charge is -2.22. The van der Waals surface area contributed by atoms with Crippen LogP contribution in [0.1, 0.15) is 31.1 Å². The number of aromatic nitrogens is 1. The van der Waals surface area contributed by atoms with Gasteiger partial charge < -0.3 is 5.32 Å². The van der Waals surface area contributed by atoms with Crippen molar-refractivity contribution in [1.82, 2.24) is 9.88 Å². The van der Waals surface area contributed by atoms with E-state index in [2.05, 4.69) is 17.2 Å². The Morgan fingerprint density at radius 2 is 2.21 bits per heavy atom. The molecule has 1 N–H and O–H groups in total. The molecule has 2 rings (SSSR count). The molecule has 1 aliphatic carbocycles. The first-order chi connectivity index (χ1) is 8.98. The minimum atomic E-state index is -4.13. The lowest BCUT2D eigenvalue weighted by molar-refractivity contribution is -0.148. The Labute approximate surface area is 114 Å². The van der Waals surface area contributed by atoms with E-state index in [-0.39, 0.29) is 6.04 Å². The van der Waals surface area contributed by atoms with Crippen molar-refractivity contribution in [1.29, 1.82) is 0 Å². The molecule has 1 aromatic heterocycles. The molecule has 7 heteroatoms. The molecule has 1 saturated carbocycles. The second-order valence-corrected chi connectivity index (χ2v) is 5.93. The van der Waals surface area contributed by atoms with Crippen LogP contribution in [-0.2, 0) is 6.54 Å². The second-order valence-electron chi connectivity index (χ2n) is 4.81. The van der Waals surface area contributed by atoms with Gasteiger partial charge >= 0.3 is 6.18 Å². The highest BCUT2D eigenvalue weighted by molar-refractivity contribution is 7.15. The van der Waals surface area contributed by atoms with E-state index < -0.39 is 12.7 Å². The zero-order valence-electron chi connectivity index (χ0n) is 10.8. The van der Waals surface area contributed by atoms with Gasteiger partial charge in [-0.05, 0) is 19.3 Å². The fraction of sp³-hybridized carbons (Fsp3) is 0.750. The van der Waals surface area contributed by atoms with Gasteiger partial charge in [0.25, 0.3) is 0 Å². The molecule has 3 nitrogen and oxygen atoms in total. The second kappa shape index (κ2) is 6.09. The van der Waals surface area contributed by atoms with E-state index in [4.69, 9.17) is 0 Å². The summed E-state index contributed by atoms with van der Waals surface area (Å²) in [6.07, 6.45) is 0.286. The summed E-state index contributed by atoms with van der Waals surface area (Å²) in [4.78, 5) is 6.58. The first-order valence-electron chi connectivity index (χ1n) is 6.47. The monoisotopic (exact) mass is 293 g/mol. The SMILES string of the molecule is CCCNc1ncc(CN(CC(F)(F)F)C2CC2)s1. The Bertz CT molecular complexity index is 401. The van der Waals surface area contributed by atoms with Gasteiger partial charge in [0.15, 0.2) is 5.13 Å². The number of hydrogen-bond donors (Lipinski definition) is 1. The molecule has 1 fully saturated rings. The topological polar surface area (TPSA) is 28.2 Å². The van der Waals surface area contributed by atoms with Crippen LogP contribution in [0.15, 0.2) is 6.20 Å². The predicted octanol–water partition coefficient (Wildman–Crippen LogP) is 3.49. The molecule has 19 heavy (non-hydrogen) atoms. The molecule has 108 valence electrons. The summed E-state index contributed by atoms with van der Waals surface area (Å²) in [6.45, 7) is 2.41. The van der Waals surface area contributed by atoms with Gasteiger partial charge in [0, 0.05) is 30.2 Å². The minimum absolute atomic E-state index is 0.0933. The third-order valence-electron chi connectivity index (χ3n) is 2.88. The van der Waals surface area contributed by atoms with Crippen LogP contribution < -0.4 is 5.32 Å². The summed E-state index contributed by atoms with van der Waals surface area (Å²) in [7, 11) is 0. The molecule has 0 saturated heterocycles. The highest BCUT2D eigenvalue weighted by atomic mass is 32.1. The van der Waals surface area contributed by atoms with E-state index >= 15 is 0 Å². The average Bonchev–Trinajstić information content (AvgIpc) is 3.07. The van der Waals surface area contributed by atoms with Crippen molar-refractivity contribution in [2.45, 2.75) is 44.9 Å². The Morgan fingerprint density at radius 1 is 1.47 bits per heavy atom. The van der Waals surface area contributed by atoms with Crippen molar-refractivity contribution in [3.05, 3.63) is 11.1 Å². The highest BCUT2D eigenvalue weighted by Crippen LogP contribution is 2.32. The third-order valence-corrected chi connectivity index (χ3v) is 3.82. The summed E-state index contributed by atoms with van der Waals surface area (Å²) in [5, 5.41) is 3.94. The summed E-state index contributed by atoms with van der Waals surface area (Å²) >= 11 is 1.44. The van der Waals surface area contributed by atoms with Gasteiger partial charge in [0.2, 0.25) is 0 Å². The van der Waals surface area contributed by atoms with Crippen LogP contribution in [0.2, 0.25) is 0 Å². The molecule has 1 aromatic rings. The van der Waals surface area contributed by atoms with Crippen LogP contribution in [0.25, 0.3) is 0 Å². The number of halogens is 3. The van der Waals surface area contributed by atoms with Crippen LogP contribution in [0.5, 0.6) is 0 Å². The van der Waals surface area contributed by atoms with Crippen molar-refractivity contribution >= 4 is 16.5 Å². The van der Waals surface area contributed by atoms with E-state index in [1.54, 1.807) is 6.20 Å².